The van der Waals surface area contributed by atoms with E-state index in [-0.39, 0.29) is 35.1 Å². The van der Waals surface area contributed by atoms with Crippen LogP contribution >= 0.6 is 0 Å². The van der Waals surface area contributed by atoms with Crippen LogP contribution in [0.4, 0.5) is 20.4 Å². The van der Waals surface area contributed by atoms with Gasteiger partial charge < -0.3 is 24.8 Å². The lowest BCUT2D eigenvalue weighted by molar-refractivity contribution is -0.115. The molecule has 0 bridgehead atoms. The van der Waals surface area contributed by atoms with Crippen LogP contribution in [-0.4, -0.2) is 60.8 Å². The lowest BCUT2D eigenvalue weighted by Crippen LogP contribution is -2.29. The number of rotatable bonds is 11. The Morgan fingerprint density at radius 3 is 2.55 bits per heavy atom. The highest BCUT2D eigenvalue weighted by Crippen LogP contribution is 2.38. The maximum absolute atomic E-state index is 15.2. The zero-order chi connectivity index (χ0) is 26.8. The number of nitrogens with one attached hydrogen (secondary N) is 2. The van der Waals surface area contributed by atoms with Gasteiger partial charge in [0.15, 0.2) is 34.7 Å². The van der Waals surface area contributed by atoms with E-state index in [0.717, 1.165) is 18.9 Å². The summed E-state index contributed by atoms with van der Waals surface area (Å²) in [5, 5.41) is 7.32. The molecule has 2 N–H and O–H groups in total. The summed E-state index contributed by atoms with van der Waals surface area (Å²) in [5.41, 5.74) is -0.0434. The molecule has 1 saturated carbocycles. The van der Waals surface area contributed by atoms with Gasteiger partial charge in [-0.25, -0.2) is 23.7 Å². The normalized spacial score (nSPS) is 18.8. The molecule has 11 heteroatoms. The van der Waals surface area contributed by atoms with Crippen molar-refractivity contribution in [1.82, 2.24) is 15.0 Å². The van der Waals surface area contributed by atoms with Crippen LogP contribution < -0.4 is 20.1 Å². The molecule has 2 aromatic heterocycles. The van der Waals surface area contributed by atoms with Crippen molar-refractivity contribution in [3.8, 4) is 22.9 Å². The van der Waals surface area contributed by atoms with E-state index >= 15 is 8.78 Å². The van der Waals surface area contributed by atoms with Crippen LogP contribution in [0, 0.1) is 23.5 Å². The minimum absolute atomic E-state index is 0.0157. The van der Waals surface area contributed by atoms with Gasteiger partial charge in [-0.1, -0.05) is 6.58 Å². The predicted molar refractivity (Wildman–Crippen MR) is 139 cm³/mol. The minimum atomic E-state index is -0.925. The smallest absolute Gasteiger partial charge is 0.179 e. The molecule has 1 saturated heterocycles. The second kappa shape index (κ2) is 10.9. The molecule has 0 radical (unpaired) electrons. The molecule has 1 aromatic carbocycles. The predicted octanol–water partition coefficient (Wildman–Crippen LogP) is 4.38. The molecule has 2 atom stereocenters. The van der Waals surface area contributed by atoms with Gasteiger partial charge >= 0.3 is 0 Å². The fourth-order valence-corrected chi connectivity index (χ4v) is 4.49. The van der Waals surface area contributed by atoms with Gasteiger partial charge in [-0.2, -0.15) is 0 Å². The van der Waals surface area contributed by atoms with Gasteiger partial charge in [-0.05, 0) is 30.9 Å². The van der Waals surface area contributed by atoms with Gasteiger partial charge in [0.05, 0.1) is 50.8 Å². The number of aromatic nitrogens is 3. The van der Waals surface area contributed by atoms with E-state index in [0.29, 0.717) is 54.6 Å². The molecule has 0 amide bonds. The van der Waals surface area contributed by atoms with Crippen LogP contribution in [-0.2, 0) is 9.53 Å². The standard InChI is InChI=1S/C27H29F2N5O4/c1-4-16(35)7-15-12-38-13-19(15)32-22-8-17-18(11-30-22)33-27(34-26(17)31-10-14-5-6-14)23-24(28)20(36-2)9-21(37-3)25(23)29/h4,8-9,11,14-15,19H,1,5-7,10,12-13H2,2-3H3,(H,30,32)(H,31,33,34)/t15-,19+/m0/s1. The first-order valence-corrected chi connectivity index (χ1v) is 12.4. The van der Waals surface area contributed by atoms with Crippen molar-refractivity contribution >= 4 is 28.3 Å². The summed E-state index contributed by atoms with van der Waals surface area (Å²) in [5.74, 6) is -0.926. The number of allylic oxidation sites excluding steroid dienone is 1. The van der Waals surface area contributed by atoms with E-state index in [1.165, 1.54) is 26.5 Å². The number of benzene rings is 1. The number of ether oxygens (including phenoxy) is 3. The Hall–Kier alpha value is -3.86. The average molecular weight is 526 g/mol. The summed E-state index contributed by atoms with van der Waals surface area (Å²) in [6.07, 6.45) is 5.40. The molecule has 38 heavy (non-hydrogen) atoms. The first kappa shape index (κ1) is 25.8. The second-order valence-corrected chi connectivity index (χ2v) is 9.51. The monoisotopic (exact) mass is 525 g/mol. The number of nitrogens with zero attached hydrogens (tertiary/aromatic N) is 3. The van der Waals surface area contributed by atoms with Crippen molar-refractivity contribution < 1.29 is 27.8 Å². The largest absolute Gasteiger partial charge is 0.494 e. The summed E-state index contributed by atoms with van der Waals surface area (Å²) in [6.45, 7) is 5.12. The summed E-state index contributed by atoms with van der Waals surface area (Å²) >= 11 is 0. The zero-order valence-electron chi connectivity index (χ0n) is 21.2. The number of hydrogen-bond acceptors (Lipinski definition) is 9. The Bertz CT molecular complexity index is 1350. The molecule has 2 aliphatic rings. The quantitative estimate of drug-likeness (QED) is 0.353. The van der Waals surface area contributed by atoms with E-state index in [4.69, 9.17) is 14.2 Å². The van der Waals surface area contributed by atoms with Crippen LogP contribution in [0.1, 0.15) is 19.3 Å². The molecule has 1 aliphatic heterocycles. The van der Waals surface area contributed by atoms with E-state index in [2.05, 4.69) is 32.2 Å². The number of pyridine rings is 1. The molecular weight excluding hydrogens is 496 g/mol. The highest BCUT2D eigenvalue weighted by Gasteiger charge is 2.30. The number of anilines is 2. The Labute approximate surface area is 218 Å². The average Bonchev–Trinajstić information content (AvgIpc) is 3.66. The topological polar surface area (TPSA) is 107 Å². The lowest BCUT2D eigenvalue weighted by atomic mass is 9.97. The summed E-state index contributed by atoms with van der Waals surface area (Å²) in [7, 11) is 2.57. The Morgan fingerprint density at radius 1 is 1.16 bits per heavy atom. The fourth-order valence-electron chi connectivity index (χ4n) is 4.49. The maximum Gasteiger partial charge on any atom is 0.179 e. The molecule has 2 fully saturated rings. The van der Waals surface area contributed by atoms with Crippen molar-refractivity contribution in [2.24, 2.45) is 11.8 Å². The second-order valence-electron chi connectivity index (χ2n) is 9.51. The minimum Gasteiger partial charge on any atom is -0.494 e. The number of fused-ring (bicyclic) bond motifs is 1. The third-order valence-corrected chi connectivity index (χ3v) is 6.86. The van der Waals surface area contributed by atoms with Gasteiger partial charge in [0, 0.05) is 30.3 Å². The maximum atomic E-state index is 15.2. The summed E-state index contributed by atoms with van der Waals surface area (Å²) in [4.78, 5) is 25.3. The summed E-state index contributed by atoms with van der Waals surface area (Å²) in [6, 6.07) is 2.82. The lowest BCUT2D eigenvalue weighted by Gasteiger charge is -2.19. The molecule has 9 nitrogen and oxygen atoms in total. The van der Waals surface area contributed by atoms with Gasteiger partial charge in [-0.15, -0.1) is 0 Å². The summed E-state index contributed by atoms with van der Waals surface area (Å²) < 4.78 is 46.2. The molecule has 0 unspecified atom stereocenters. The van der Waals surface area contributed by atoms with Crippen molar-refractivity contribution in [2.75, 3.05) is 44.6 Å². The molecule has 5 rings (SSSR count). The van der Waals surface area contributed by atoms with Crippen molar-refractivity contribution in [3.63, 3.8) is 0 Å². The number of carbonyl (C=O) groups excluding carboxylic acids is 1. The number of carbonyl (C=O) groups is 1. The molecule has 1 aliphatic carbocycles. The van der Waals surface area contributed by atoms with Crippen molar-refractivity contribution in [3.05, 3.63) is 42.6 Å². The fraction of sp³-hybridized carbons (Fsp3) is 0.407. The number of hydrogen-bond donors (Lipinski definition) is 2. The molecule has 3 heterocycles. The van der Waals surface area contributed by atoms with Crippen LogP contribution in [0.2, 0.25) is 0 Å². The van der Waals surface area contributed by atoms with Gasteiger partial charge in [0.25, 0.3) is 0 Å². The SMILES string of the molecule is C=CC(=O)C[C@H]1COC[C@H]1Nc1cc2c(NCC3CC3)nc(-c3c(F)c(OC)cc(OC)c3F)nc2cn1. The van der Waals surface area contributed by atoms with E-state index in [1.807, 2.05) is 0 Å². The van der Waals surface area contributed by atoms with Crippen LogP contribution in [0.15, 0.2) is 31.0 Å². The highest BCUT2D eigenvalue weighted by molar-refractivity contribution is 5.92. The molecule has 0 spiro atoms. The van der Waals surface area contributed by atoms with Crippen LogP contribution in [0.25, 0.3) is 22.3 Å². The van der Waals surface area contributed by atoms with Crippen molar-refractivity contribution in [2.45, 2.75) is 25.3 Å². The van der Waals surface area contributed by atoms with Gasteiger partial charge in [0.2, 0.25) is 0 Å². The Kier molecular flexibility index (Phi) is 7.37. The van der Waals surface area contributed by atoms with Crippen LogP contribution in [0.5, 0.6) is 11.5 Å². The molecular formula is C27H29F2N5O4. The van der Waals surface area contributed by atoms with E-state index < -0.39 is 17.2 Å². The van der Waals surface area contributed by atoms with E-state index in [1.54, 1.807) is 6.07 Å². The van der Waals surface area contributed by atoms with Gasteiger partial charge in [-0.3, -0.25) is 4.79 Å². The zero-order valence-corrected chi connectivity index (χ0v) is 21.2. The van der Waals surface area contributed by atoms with Crippen molar-refractivity contribution in [1.29, 1.82) is 0 Å². The number of halogens is 2. The van der Waals surface area contributed by atoms with Gasteiger partial charge in [0.1, 0.15) is 11.6 Å². The third-order valence-electron chi connectivity index (χ3n) is 6.86. The highest BCUT2D eigenvalue weighted by atomic mass is 19.1. The third kappa shape index (κ3) is 5.24. The van der Waals surface area contributed by atoms with Crippen LogP contribution in [0.3, 0.4) is 0 Å². The number of methoxy groups -OCH3 is 2. The Morgan fingerprint density at radius 2 is 1.89 bits per heavy atom. The molecule has 3 aromatic rings. The molecule has 200 valence electrons. The first-order valence-electron chi connectivity index (χ1n) is 12.4. The first-order chi connectivity index (χ1) is 18.4. The Balaban J connectivity index is 1.54. The number of ketones is 1. The van der Waals surface area contributed by atoms with E-state index in [9.17, 15) is 4.79 Å².